The van der Waals surface area contributed by atoms with E-state index in [-0.39, 0.29) is 6.04 Å². The number of nitrogens with two attached hydrogens (primary N) is 1. The van der Waals surface area contributed by atoms with Crippen molar-refractivity contribution in [1.82, 2.24) is 15.2 Å². The predicted octanol–water partition coefficient (Wildman–Crippen LogP) is 1.55. The maximum absolute atomic E-state index is 6.10. The monoisotopic (exact) mass is 261 g/mol. The molecular formula is C13H19N5O. The molecule has 1 fully saturated rings. The number of piperidine rings is 1. The second-order valence-corrected chi connectivity index (χ2v) is 5.31. The van der Waals surface area contributed by atoms with Crippen LogP contribution in [0.15, 0.2) is 16.7 Å². The quantitative estimate of drug-likeness (QED) is 0.856. The van der Waals surface area contributed by atoms with E-state index in [0.717, 1.165) is 42.6 Å². The molecule has 1 aliphatic heterocycles. The summed E-state index contributed by atoms with van der Waals surface area (Å²) in [6.45, 7) is 5.87. The fourth-order valence-corrected chi connectivity index (χ4v) is 2.37. The molecule has 0 radical (unpaired) electrons. The number of hydrogen-bond donors (Lipinski definition) is 2. The van der Waals surface area contributed by atoms with E-state index < -0.39 is 0 Å². The number of hydrogen-bond acceptors (Lipinski definition) is 5. The third kappa shape index (κ3) is 2.35. The third-order valence-corrected chi connectivity index (χ3v) is 3.78. The van der Waals surface area contributed by atoms with Gasteiger partial charge in [0.25, 0.3) is 0 Å². The van der Waals surface area contributed by atoms with Gasteiger partial charge in [0, 0.05) is 19.1 Å². The summed E-state index contributed by atoms with van der Waals surface area (Å²) >= 11 is 0. The van der Waals surface area contributed by atoms with Gasteiger partial charge in [0.05, 0.1) is 5.56 Å². The normalized spacial score (nSPS) is 23.8. The summed E-state index contributed by atoms with van der Waals surface area (Å²) in [5, 5.41) is 7.23. The van der Waals surface area contributed by atoms with Gasteiger partial charge in [0.15, 0.2) is 5.82 Å². The number of aryl methyl sites for hydroxylation is 1. The van der Waals surface area contributed by atoms with Crippen LogP contribution < -0.4 is 10.6 Å². The lowest BCUT2D eigenvalue weighted by Gasteiger charge is -2.34. The standard InChI is InChI=1S/C13H19N5O/c1-8-3-4-18(6-11(8)14)13-15-12(16-17-13)10-5-9(2)19-7-10/h5,7-8,11H,3-4,6,14H2,1-2H3,(H,15,16,17). The van der Waals surface area contributed by atoms with Crippen molar-refractivity contribution in [3.8, 4) is 11.4 Å². The summed E-state index contributed by atoms with van der Waals surface area (Å²) in [6, 6.07) is 2.13. The highest BCUT2D eigenvalue weighted by molar-refractivity contribution is 5.55. The molecule has 2 unspecified atom stereocenters. The van der Waals surface area contributed by atoms with Crippen molar-refractivity contribution in [2.24, 2.45) is 11.7 Å². The van der Waals surface area contributed by atoms with Gasteiger partial charge in [0.1, 0.15) is 12.0 Å². The van der Waals surface area contributed by atoms with Crippen LogP contribution in [0.4, 0.5) is 5.95 Å². The Hall–Kier alpha value is -1.82. The van der Waals surface area contributed by atoms with Gasteiger partial charge in [-0.1, -0.05) is 6.92 Å². The second kappa shape index (κ2) is 4.70. The summed E-state index contributed by atoms with van der Waals surface area (Å²) in [7, 11) is 0. The van der Waals surface area contributed by atoms with E-state index in [0.29, 0.717) is 5.92 Å². The SMILES string of the molecule is Cc1cc(-c2nc(N3CCC(C)C(N)C3)n[nH]2)co1. The molecule has 3 rings (SSSR count). The van der Waals surface area contributed by atoms with Crippen molar-refractivity contribution < 1.29 is 4.42 Å². The molecule has 19 heavy (non-hydrogen) atoms. The van der Waals surface area contributed by atoms with Crippen molar-refractivity contribution in [3.63, 3.8) is 0 Å². The minimum atomic E-state index is 0.187. The lowest BCUT2D eigenvalue weighted by molar-refractivity contribution is 0.376. The number of aromatic nitrogens is 3. The molecule has 6 heteroatoms. The first-order chi connectivity index (χ1) is 9.13. The topological polar surface area (TPSA) is 84.0 Å². The molecule has 0 aliphatic carbocycles. The minimum absolute atomic E-state index is 0.187. The molecule has 1 aliphatic rings. The molecular weight excluding hydrogens is 242 g/mol. The van der Waals surface area contributed by atoms with Gasteiger partial charge in [-0.15, -0.1) is 5.10 Å². The first kappa shape index (κ1) is 12.2. The Morgan fingerprint density at radius 2 is 2.37 bits per heavy atom. The highest BCUT2D eigenvalue weighted by Gasteiger charge is 2.25. The van der Waals surface area contributed by atoms with Crippen LogP contribution in [0.2, 0.25) is 0 Å². The van der Waals surface area contributed by atoms with Gasteiger partial charge in [-0.05, 0) is 25.3 Å². The van der Waals surface area contributed by atoms with Crippen LogP contribution >= 0.6 is 0 Å². The van der Waals surface area contributed by atoms with Gasteiger partial charge in [-0.2, -0.15) is 4.98 Å². The van der Waals surface area contributed by atoms with Gasteiger partial charge in [0.2, 0.25) is 5.95 Å². The van der Waals surface area contributed by atoms with E-state index in [1.165, 1.54) is 0 Å². The predicted molar refractivity (Wildman–Crippen MR) is 72.8 cm³/mol. The molecule has 2 aromatic heterocycles. The van der Waals surface area contributed by atoms with Crippen LogP contribution in [0.5, 0.6) is 0 Å². The number of H-pyrrole nitrogens is 1. The van der Waals surface area contributed by atoms with E-state index in [1.807, 2.05) is 13.0 Å². The molecule has 102 valence electrons. The third-order valence-electron chi connectivity index (χ3n) is 3.78. The molecule has 0 spiro atoms. The van der Waals surface area contributed by atoms with Crippen LogP contribution in [-0.4, -0.2) is 34.3 Å². The molecule has 2 aromatic rings. The van der Waals surface area contributed by atoms with E-state index in [9.17, 15) is 0 Å². The average Bonchev–Trinajstić information content (AvgIpc) is 3.01. The zero-order valence-corrected chi connectivity index (χ0v) is 11.3. The average molecular weight is 261 g/mol. The molecule has 1 saturated heterocycles. The summed E-state index contributed by atoms with van der Waals surface area (Å²) in [4.78, 5) is 6.66. The number of anilines is 1. The Bertz CT molecular complexity index is 561. The second-order valence-electron chi connectivity index (χ2n) is 5.31. The fourth-order valence-electron chi connectivity index (χ4n) is 2.37. The molecule has 3 N–H and O–H groups in total. The fraction of sp³-hybridized carbons (Fsp3) is 0.538. The molecule has 3 heterocycles. The number of rotatable bonds is 2. The largest absolute Gasteiger partial charge is 0.469 e. The molecule has 2 atom stereocenters. The highest BCUT2D eigenvalue weighted by atomic mass is 16.3. The lowest BCUT2D eigenvalue weighted by Crippen LogP contribution is -2.48. The number of nitrogens with zero attached hydrogens (tertiary/aromatic N) is 3. The first-order valence-electron chi connectivity index (χ1n) is 6.62. The molecule has 0 amide bonds. The van der Waals surface area contributed by atoms with Crippen molar-refractivity contribution in [2.75, 3.05) is 18.0 Å². The van der Waals surface area contributed by atoms with Gasteiger partial charge >= 0.3 is 0 Å². The van der Waals surface area contributed by atoms with E-state index in [1.54, 1.807) is 6.26 Å². The molecule has 6 nitrogen and oxygen atoms in total. The zero-order valence-electron chi connectivity index (χ0n) is 11.3. The van der Waals surface area contributed by atoms with Crippen LogP contribution in [0.3, 0.4) is 0 Å². The molecule has 0 bridgehead atoms. The Balaban J connectivity index is 1.78. The number of furan rings is 1. The summed E-state index contributed by atoms with van der Waals surface area (Å²) in [5.41, 5.74) is 7.03. The molecule has 0 aromatic carbocycles. The smallest absolute Gasteiger partial charge is 0.245 e. The van der Waals surface area contributed by atoms with Crippen LogP contribution in [0, 0.1) is 12.8 Å². The van der Waals surface area contributed by atoms with Crippen molar-refractivity contribution in [2.45, 2.75) is 26.3 Å². The number of aromatic amines is 1. The lowest BCUT2D eigenvalue weighted by atomic mass is 9.95. The summed E-state index contributed by atoms with van der Waals surface area (Å²) in [6.07, 6.45) is 2.76. The summed E-state index contributed by atoms with van der Waals surface area (Å²) in [5.74, 6) is 2.88. The Morgan fingerprint density at radius 1 is 1.53 bits per heavy atom. The maximum atomic E-state index is 6.10. The van der Waals surface area contributed by atoms with E-state index in [2.05, 4.69) is 27.0 Å². The van der Waals surface area contributed by atoms with Crippen molar-refractivity contribution >= 4 is 5.95 Å². The van der Waals surface area contributed by atoms with Crippen LogP contribution in [0.1, 0.15) is 19.1 Å². The highest BCUT2D eigenvalue weighted by Crippen LogP contribution is 2.23. The van der Waals surface area contributed by atoms with Crippen LogP contribution in [-0.2, 0) is 0 Å². The zero-order chi connectivity index (χ0) is 13.4. The van der Waals surface area contributed by atoms with Gasteiger partial charge < -0.3 is 15.1 Å². The molecule has 0 saturated carbocycles. The van der Waals surface area contributed by atoms with E-state index in [4.69, 9.17) is 10.2 Å². The number of nitrogens with one attached hydrogen (secondary N) is 1. The summed E-state index contributed by atoms with van der Waals surface area (Å²) < 4.78 is 5.28. The van der Waals surface area contributed by atoms with Crippen molar-refractivity contribution in [3.05, 3.63) is 18.1 Å². The van der Waals surface area contributed by atoms with E-state index >= 15 is 0 Å². The first-order valence-corrected chi connectivity index (χ1v) is 6.62. The Kier molecular flexibility index (Phi) is 3.02. The van der Waals surface area contributed by atoms with Gasteiger partial charge in [-0.25, -0.2) is 0 Å². The van der Waals surface area contributed by atoms with Crippen LogP contribution in [0.25, 0.3) is 11.4 Å². The van der Waals surface area contributed by atoms with Gasteiger partial charge in [-0.3, -0.25) is 5.10 Å². The Labute approximate surface area is 112 Å². The minimum Gasteiger partial charge on any atom is -0.469 e. The maximum Gasteiger partial charge on any atom is 0.245 e. The van der Waals surface area contributed by atoms with Crippen molar-refractivity contribution in [1.29, 1.82) is 0 Å². The Morgan fingerprint density at radius 3 is 3.05 bits per heavy atom.